The molecule has 0 saturated heterocycles. The number of esters is 1. The van der Waals surface area contributed by atoms with Gasteiger partial charge in [0.15, 0.2) is 0 Å². The van der Waals surface area contributed by atoms with E-state index in [1.165, 1.54) is 19.2 Å². The lowest BCUT2D eigenvalue weighted by molar-refractivity contribution is -0.150. The van der Waals surface area contributed by atoms with Crippen molar-refractivity contribution in [1.29, 1.82) is 0 Å². The lowest BCUT2D eigenvalue weighted by Crippen LogP contribution is -2.45. The molecule has 1 N–H and O–H groups in total. The third kappa shape index (κ3) is 5.09. The Balaban J connectivity index is 1.58. The van der Waals surface area contributed by atoms with Gasteiger partial charge in [0.05, 0.1) is 13.7 Å². The van der Waals surface area contributed by atoms with Crippen LogP contribution in [0.2, 0.25) is 5.02 Å². The van der Waals surface area contributed by atoms with Crippen molar-refractivity contribution in [3.05, 3.63) is 106 Å². The van der Waals surface area contributed by atoms with Gasteiger partial charge in [-0.05, 0) is 48.2 Å². The molecule has 2 atom stereocenters. The van der Waals surface area contributed by atoms with Gasteiger partial charge in [0.2, 0.25) is 0 Å². The highest BCUT2D eigenvalue weighted by atomic mass is 35.5. The number of halogens is 2. The average molecular weight is 496 g/mol. The standard InChI is InChI=1S/C28H27ClFNO4/c1-34-27(33)28(25-23(29)11-7-12-24(25)30)17-6-5-10-22(28)20-13-15-21(16-14-20)26(32)31-35-18-19-8-3-2-4-9-19/h2-4,7-9,11-16,22H,5-6,10,17-18H2,1H3,(H,31,32). The molecule has 182 valence electrons. The summed E-state index contributed by atoms with van der Waals surface area (Å²) in [6.45, 7) is 0.248. The van der Waals surface area contributed by atoms with E-state index < -0.39 is 17.2 Å². The smallest absolute Gasteiger partial charge is 0.317 e. The SMILES string of the molecule is COC(=O)C1(c2c(F)cccc2Cl)CCCCC1c1ccc(C(=O)NOCc2ccccc2)cc1. The first-order valence-corrected chi connectivity index (χ1v) is 11.9. The van der Waals surface area contributed by atoms with Gasteiger partial charge in [-0.25, -0.2) is 9.87 Å². The fourth-order valence-electron chi connectivity index (χ4n) is 5.06. The van der Waals surface area contributed by atoms with Gasteiger partial charge in [0, 0.05) is 22.1 Å². The molecule has 1 fully saturated rings. The molecule has 0 aromatic heterocycles. The molecule has 4 rings (SSSR count). The van der Waals surface area contributed by atoms with E-state index in [1.54, 1.807) is 30.3 Å². The molecule has 1 aliphatic carbocycles. The topological polar surface area (TPSA) is 64.6 Å². The van der Waals surface area contributed by atoms with Crippen molar-refractivity contribution in [2.24, 2.45) is 0 Å². The molecule has 3 aromatic carbocycles. The minimum atomic E-state index is -1.25. The van der Waals surface area contributed by atoms with Gasteiger partial charge in [-0.15, -0.1) is 0 Å². The molecule has 35 heavy (non-hydrogen) atoms. The maximum atomic E-state index is 15.1. The molecule has 0 aliphatic heterocycles. The molecule has 5 nitrogen and oxygen atoms in total. The number of hydrogen-bond donors (Lipinski definition) is 1. The van der Waals surface area contributed by atoms with Crippen LogP contribution < -0.4 is 5.48 Å². The van der Waals surface area contributed by atoms with Crippen molar-refractivity contribution in [2.75, 3.05) is 7.11 Å². The second-order valence-corrected chi connectivity index (χ2v) is 9.09. The summed E-state index contributed by atoms with van der Waals surface area (Å²) in [5, 5.41) is 0.203. The van der Waals surface area contributed by atoms with E-state index in [-0.39, 0.29) is 29.0 Å². The van der Waals surface area contributed by atoms with E-state index in [4.69, 9.17) is 21.2 Å². The van der Waals surface area contributed by atoms with E-state index in [0.717, 1.165) is 24.0 Å². The third-order valence-electron chi connectivity index (χ3n) is 6.69. The molecule has 0 bridgehead atoms. The normalized spacial score (nSPS) is 19.7. The van der Waals surface area contributed by atoms with Crippen LogP contribution in [-0.4, -0.2) is 19.0 Å². The number of hydroxylamine groups is 1. The zero-order chi connectivity index (χ0) is 24.8. The monoisotopic (exact) mass is 495 g/mol. The Morgan fingerprint density at radius 2 is 1.77 bits per heavy atom. The van der Waals surface area contributed by atoms with Crippen LogP contribution in [0.3, 0.4) is 0 Å². The molecule has 0 spiro atoms. The van der Waals surface area contributed by atoms with Crippen LogP contribution in [0.25, 0.3) is 0 Å². The van der Waals surface area contributed by atoms with E-state index in [0.29, 0.717) is 18.4 Å². The summed E-state index contributed by atoms with van der Waals surface area (Å²) in [5.74, 6) is -1.77. The first-order chi connectivity index (χ1) is 17.0. The van der Waals surface area contributed by atoms with Crippen LogP contribution in [0.4, 0.5) is 4.39 Å². The maximum Gasteiger partial charge on any atom is 0.317 e. The molecule has 0 radical (unpaired) electrons. The highest BCUT2D eigenvalue weighted by Crippen LogP contribution is 2.52. The van der Waals surface area contributed by atoms with Crippen LogP contribution in [0.1, 0.15) is 58.6 Å². The molecule has 1 amide bonds. The van der Waals surface area contributed by atoms with Crippen LogP contribution in [0.5, 0.6) is 0 Å². The molecule has 2 unspecified atom stereocenters. The minimum absolute atomic E-state index is 0.175. The predicted molar refractivity (Wildman–Crippen MR) is 131 cm³/mol. The molecule has 0 heterocycles. The van der Waals surface area contributed by atoms with Crippen LogP contribution in [0, 0.1) is 5.82 Å². The lowest BCUT2D eigenvalue weighted by Gasteiger charge is -2.43. The average Bonchev–Trinajstić information content (AvgIpc) is 2.89. The zero-order valence-corrected chi connectivity index (χ0v) is 20.2. The fraction of sp³-hybridized carbons (Fsp3) is 0.286. The van der Waals surface area contributed by atoms with Gasteiger partial charge in [0.1, 0.15) is 11.2 Å². The van der Waals surface area contributed by atoms with Crippen molar-refractivity contribution in [1.82, 2.24) is 5.48 Å². The number of carbonyl (C=O) groups is 2. The Morgan fingerprint density at radius 1 is 1.03 bits per heavy atom. The summed E-state index contributed by atoms with van der Waals surface area (Å²) in [6.07, 6.45) is 2.70. The number of ether oxygens (including phenoxy) is 1. The summed E-state index contributed by atoms with van der Waals surface area (Å²) >= 11 is 6.45. The van der Waals surface area contributed by atoms with E-state index in [2.05, 4.69) is 5.48 Å². The number of methoxy groups -OCH3 is 1. The Bertz CT molecular complexity index is 1170. The molecule has 3 aromatic rings. The largest absolute Gasteiger partial charge is 0.468 e. The Hall–Kier alpha value is -3.22. The molecule has 1 saturated carbocycles. The zero-order valence-electron chi connectivity index (χ0n) is 19.4. The van der Waals surface area contributed by atoms with Crippen molar-refractivity contribution in [3.8, 4) is 0 Å². The summed E-state index contributed by atoms with van der Waals surface area (Å²) in [6, 6.07) is 20.9. The summed E-state index contributed by atoms with van der Waals surface area (Å²) in [5.41, 5.74) is 3.53. The van der Waals surface area contributed by atoms with Gasteiger partial charge in [-0.3, -0.25) is 14.4 Å². The summed E-state index contributed by atoms with van der Waals surface area (Å²) in [7, 11) is 1.31. The van der Waals surface area contributed by atoms with Crippen molar-refractivity contribution >= 4 is 23.5 Å². The number of hydrogen-bond acceptors (Lipinski definition) is 4. The second-order valence-electron chi connectivity index (χ2n) is 8.69. The first kappa shape index (κ1) is 24.9. The minimum Gasteiger partial charge on any atom is -0.468 e. The van der Waals surface area contributed by atoms with Crippen molar-refractivity contribution < 1.29 is 23.6 Å². The number of nitrogens with one attached hydrogen (secondary N) is 1. The second kappa shape index (κ2) is 11.0. The number of rotatable bonds is 7. The number of benzene rings is 3. The van der Waals surface area contributed by atoms with Gasteiger partial charge in [-0.2, -0.15) is 0 Å². The van der Waals surface area contributed by atoms with Crippen LogP contribution >= 0.6 is 11.6 Å². The molecular formula is C28H27ClFNO4. The van der Waals surface area contributed by atoms with Crippen molar-refractivity contribution in [3.63, 3.8) is 0 Å². The van der Waals surface area contributed by atoms with E-state index in [9.17, 15) is 9.59 Å². The summed E-state index contributed by atoms with van der Waals surface area (Å²) < 4.78 is 20.3. The fourth-order valence-corrected chi connectivity index (χ4v) is 5.39. The van der Waals surface area contributed by atoms with E-state index >= 15 is 4.39 Å². The maximum absolute atomic E-state index is 15.1. The number of amides is 1. The predicted octanol–water partition coefficient (Wildman–Crippen LogP) is 6.11. The highest BCUT2D eigenvalue weighted by molar-refractivity contribution is 6.31. The van der Waals surface area contributed by atoms with E-state index in [1.807, 2.05) is 30.3 Å². The lowest BCUT2D eigenvalue weighted by atomic mass is 9.60. The van der Waals surface area contributed by atoms with Gasteiger partial charge in [0.25, 0.3) is 5.91 Å². The quantitative estimate of drug-likeness (QED) is 0.317. The first-order valence-electron chi connectivity index (χ1n) is 11.6. The Labute approximate surface area is 209 Å². The van der Waals surface area contributed by atoms with Gasteiger partial charge >= 0.3 is 5.97 Å². The van der Waals surface area contributed by atoms with Gasteiger partial charge in [-0.1, -0.05) is 73.0 Å². The molecule has 7 heteroatoms. The third-order valence-corrected chi connectivity index (χ3v) is 7.00. The van der Waals surface area contributed by atoms with Crippen molar-refractivity contribution in [2.45, 2.75) is 43.6 Å². The van der Waals surface area contributed by atoms with Crippen LogP contribution in [0.15, 0.2) is 72.8 Å². The summed E-state index contributed by atoms with van der Waals surface area (Å²) in [4.78, 5) is 31.1. The molecule has 1 aliphatic rings. The number of carbonyl (C=O) groups excluding carboxylic acids is 2. The highest BCUT2D eigenvalue weighted by Gasteiger charge is 2.52. The Kier molecular flexibility index (Phi) is 7.83. The Morgan fingerprint density at radius 3 is 2.46 bits per heavy atom. The molecular weight excluding hydrogens is 469 g/mol. The van der Waals surface area contributed by atoms with Gasteiger partial charge < -0.3 is 4.74 Å². The van der Waals surface area contributed by atoms with Crippen LogP contribution in [-0.2, 0) is 26.4 Å².